The van der Waals surface area contributed by atoms with Gasteiger partial charge in [0.1, 0.15) is 10.8 Å². The van der Waals surface area contributed by atoms with Gasteiger partial charge in [-0.2, -0.15) is 0 Å². The van der Waals surface area contributed by atoms with Crippen molar-refractivity contribution >= 4 is 46.6 Å². The molecule has 152 valence electrons. The summed E-state index contributed by atoms with van der Waals surface area (Å²) in [5, 5.41) is 1.98. The molecule has 1 heterocycles. The van der Waals surface area contributed by atoms with Crippen molar-refractivity contribution in [2.75, 3.05) is 16.0 Å². The van der Waals surface area contributed by atoms with Crippen LogP contribution in [0, 0.1) is 6.92 Å². The summed E-state index contributed by atoms with van der Waals surface area (Å²) in [5.41, 5.74) is 4.38. The van der Waals surface area contributed by atoms with E-state index in [2.05, 4.69) is 5.32 Å². The van der Waals surface area contributed by atoms with Gasteiger partial charge in [0.15, 0.2) is 0 Å². The molecule has 3 aromatic rings. The molecule has 0 spiro atoms. The van der Waals surface area contributed by atoms with Crippen LogP contribution >= 0.6 is 23.4 Å². The molecule has 1 aliphatic rings. The second-order valence-corrected chi connectivity index (χ2v) is 8.66. The first kappa shape index (κ1) is 20.5. The van der Waals surface area contributed by atoms with Crippen molar-refractivity contribution in [3.05, 3.63) is 95.6 Å². The Kier molecular flexibility index (Phi) is 6.11. The number of carbonyl (C=O) groups excluding carboxylic acids is 2. The Bertz CT molecular complexity index is 1060. The third-order valence-corrected chi connectivity index (χ3v) is 6.60. The third-order valence-electron chi connectivity index (χ3n) is 4.94. The Morgan fingerprint density at radius 2 is 1.80 bits per heavy atom. The highest BCUT2D eigenvalue weighted by Crippen LogP contribution is 2.42. The highest BCUT2D eigenvalue weighted by atomic mass is 35.5. The first-order chi connectivity index (χ1) is 14.5. The number of thioether (sulfide) groups is 1. The summed E-state index contributed by atoms with van der Waals surface area (Å²) in [5.74, 6) is 0.214. The Morgan fingerprint density at radius 3 is 2.53 bits per heavy atom. The number of hydrogen-bond donors (Lipinski definition) is 1. The fraction of sp³-hybridized carbons (Fsp3) is 0.167. The molecule has 1 saturated heterocycles. The van der Waals surface area contributed by atoms with Crippen LogP contribution in [0.4, 0.5) is 11.4 Å². The van der Waals surface area contributed by atoms with Gasteiger partial charge < -0.3 is 5.32 Å². The molecule has 4 rings (SSSR count). The lowest BCUT2D eigenvalue weighted by molar-refractivity contribution is -0.116. The minimum atomic E-state index is -0.777. The Labute approximate surface area is 185 Å². The van der Waals surface area contributed by atoms with Crippen LogP contribution in [-0.4, -0.2) is 17.6 Å². The van der Waals surface area contributed by atoms with E-state index in [0.717, 1.165) is 22.4 Å². The summed E-state index contributed by atoms with van der Waals surface area (Å²) in [7, 11) is 0. The summed E-state index contributed by atoms with van der Waals surface area (Å²) in [6, 6.07) is 24.8. The molecule has 1 fully saturated rings. The topological polar surface area (TPSA) is 49.4 Å². The van der Waals surface area contributed by atoms with E-state index in [9.17, 15) is 9.59 Å². The van der Waals surface area contributed by atoms with E-state index in [-0.39, 0.29) is 17.2 Å². The van der Waals surface area contributed by atoms with Crippen LogP contribution in [0.15, 0.2) is 78.9 Å². The zero-order valence-electron chi connectivity index (χ0n) is 16.4. The van der Waals surface area contributed by atoms with Crippen LogP contribution in [0.3, 0.4) is 0 Å². The molecule has 6 heteroatoms. The number of amides is 2. The molecule has 2 atom stereocenters. The number of carbonyl (C=O) groups is 2. The Morgan fingerprint density at radius 1 is 1.07 bits per heavy atom. The van der Waals surface area contributed by atoms with E-state index >= 15 is 0 Å². The van der Waals surface area contributed by atoms with Gasteiger partial charge >= 0.3 is 0 Å². The minimum Gasteiger partial charge on any atom is -0.324 e. The summed E-state index contributed by atoms with van der Waals surface area (Å²) >= 11 is 7.92. The summed E-state index contributed by atoms with van der Waals surface area (Å²) in [6.45, 7) is 2.02. The minimum absolute atomic E-state index is 0.0770. The molecule has 0 unspecified atom stereocenters. The van der Waals surface area contributed by atoms with E-state index in [4.69, 9.17) is 11.6 Å². The van der Waals surface area contributed by atoms with Crippen LogP contribution in [-0.2, 0) is 9.59 Å². The van der Waals surface area contributed by atoms with Crippen molar-refractivity contribution in [3.8, 4) is 0 Å². The number of benzene rings is 3. The van der Waals surface area contributed by atoms with Gasteiger partial charge in [0.25, 0.3) is 0 Å². The van der Waals surface area contributed by atoms with Gasteiger partial charge in [0.2, 0.25) is 11.8 Å². The maximum Gasteiger partial charge on any atom is 0.246 e. The molecule has 0 aromatic heterocycles. The highest BCUT2D eigenvalue weighted by molar-refractivity contribution is 8.00. The molecule has 1 aliphatic heterocycles. The van der Waals surface area contributed by atoms with Gasteiger partial charge in [0.05, 0.1) is 5.75 Å². The van der Waals surface area contributed by atoms with E-state index in [0.29, 0.717) is 11.4 Å². The van der Waals surface area contributed by atoms with Crippen molar-refractivity contribution in [2.45, 2.75) is 17.7 Å². The van der Waals surface area contributed by atoms with Crippen molar-refractivity contribution in [3.63, 3.8) is 0 Å². The number of hydrogen-bond acceptors (Lipinski definition) is 3. The number of alkyl halides is 1. The number of aryl methyl sites for hydroxylation is 1. The molecular formula is C24H21ClN2O2S. The van der Waals surface area contributed by atoms with E-state index in [1.165, 1.54) is 0 Å². The van der Waals surface area contributed by atoms with Crippen molar-refractivity contribution in [1.29, 1.82) is 0 Å². The highest BCUT2D eigenvalue weighted by Gasteiger charge is 2.34. The smallest absolute Gasteiger partial charge is 0.246 e. The van der Waals surface area contributed by atoms with Gasteiger partial charge in [-0.15, -0.1) is 23.4 Å². The Hall–Kier alpha value is -2.76. The molecular weight excluding hydrogens is 416 g/mol. The van der Waals surface area contributed by atoms with Crippen molar-refractivity contribution < 1.29 is 9.59 Å². The molecule has 30 heavy (non-hydrogen) atoms. The van der Waals surface area contributed by atoms with Crippen LogP contribution < -0.4 is 10.2 Å². The fourth-order valence-electron chi connectivity index (χ4n) is 3.40. The lowest BCUT2D eigenvalue weighted by Crippen LogP contribution is -2.27. The molecule has 0 radical (unpaired) electrons. The average Bonchev–Trinajstić information content (AvgIpc) is 3.16. The predicted octanol–water partition coefficient (Wildman–Crippen LogP) is 5.69. The van der Waals surface area contributed by atoms with Crippen molar-refractivity contribution in [2.24, 2.45) is 0 Å². The van der Waals surface area contributed by atoms with Crippen LogP contribution in [0.1, 0.15) is 27.4 Å². The van der Waals surface area contributed by atoms with Crippen LogP contribution in [0.25, 0.3) is 0 Å². The van der Waals surface area contributed by atoms with Crippen LogP contribution in [0.2, 0.25) is 0 Å². The van der Waals surface area contributed by atoms with Crippen LogP contribution in [0.5, 0.6) is 0 Å². The summed E-state index contributed by atoms with van der Waals surface area (Å²) < 4.78 is 0. The number of nitrogens with one attached hydrogen (secondary N) is 1. The third kappa shape index (κ3) is 4.37. The fourth-order valence-corrected chi connectivity index (χ4v) is 4.77. The molecule has 3 aromatic carbocycles. The maximum atomic E-state index is 12.6. The second-order valence-electron chi connectivity index (χ2n) is 7.15. The molecule has 2 amide bonds. The molecule has 0 saturated carbocycles. The van der Waals surface area contributed by atoms with Gasteiger partial charge in [-0.25, -0.2) is 0 Å². The SMILES string of the molecule is Cc1ccc(N2C(=O)CS[C@@H]2c2cccc(NC(=O)[C@@H](Cl)c3ccccc3)c2)cc1. The van der Waals surface area contributed by atoms with Gasteiger partial charge in [-0.3, -0.25) is 14.5 Å². The number of rotatable bonds is 5. The lowest BCUT2D eigenvalue weighted by Gasteiger charge is -2.25. The second kappa shape index (κ2) is 8.94. The molecule has 0 aliphatic carbocycles. The maximum absolute atomic E-state index is 12.6. The number of halogens is 1. The molecule has 4 nitrogen and oxygen atoms in total. The predicted molar refractivity (Wildman–Crippen MR) is 124 cm³/mol. The van der Waals surface area contributed by atoms with E-state index < -0.39 is 5.38 Å². The largest absolute Gasteiger partial charge is 0.324 e. The zero-order valence-corrected chi connectivity index (χ0v) is 18.0. The van der Waals surface area contributed by atoms with E-state index in [1.807, 2.05) is 90.7 Å². The summed E-state index contributed by atoms with van der Waals surface area (Å²) in [6.07, 6.45) is 0. The lowest BCUT2D eigenvalue weighted by atomic mass is 10.1. The van der Waals surface area contributed by atoms with E-state index in [1.54, 1.807) is 11.8 Å². The molecule has 0 bridgehead atoms. The van der Waals surface area contributed by atoms with Gasteiger partial charge in [-0.1, -0.05) is 60.2 Å². The normalized spacial score (nSPS) is 17.1. The standard InChI is InChI=1S/C24H21ClN2O2S/c1-16-10-12-20(13-11-16)27-21(28)15-30-24(27)18-8-5-9-19(14-18)26-23(29)22(25)17-6-3-2-4-7-17/h2-14,22,24H,15H2,1H3,(H,26,29)/t22-,24+/m0/s1. The first-order valence-electron chi connectivity index (χ1n) is 9.63. The zero-order chi connectivity index (χ0) is 21.1. The molecule has 1 N–H and O–H groups in total. The average molecular weight is 437 g/mol. The first-order valence-corrected chi connectivity index (χ1v) is 11.1. The number of anilines is 2. The van der Waals surface area contributed by atoms with Gasteiger partial charge in [-0.05, 0) is 42.3 Å². The Balaban J connectivity index is 1.54. The number of nitrogens with zero attached hydrogens (tertiary/aromatic N) is 1. The van der Waals surface area contributed by atoms with Gasteiger partial charge in [0, 0.05) is 11.4 Å². The summed E-state index contributed by atoms with van der Waals surface area (Å²) in [4.78, 5) is 27.0. The monoisotopic (exact) mass is 436 g/mol. The van der Waals surface area contributed by atoms with Crippen molar-refractivity contribution in [1.82, 2.24) is 0 Å². The quantitative estimate of drug-likeness (QED) is 0.522.